The molecule has 1 aromatic rings. The van der Waals surface area contributed by atoms with E-state index in [1.54, 1.807) is 6.92 Å². The van der Waals surface area contributed by atoms with E-state index in [-0.39, 0.29) is 29.5 Å². The van der Waals surface area contributed by atoms with Gasteiger partial charge in [0.15, 0.2) is 0 Å². The lowest BCUT2D eigenvalue weighted by atomic mass is 10.3. The lowest BCUT2D eigenvalue weighted by Crippen LogP contribution is -2.29. The summed E-state index contributed by atoms with van der Waals surface area (Å²) in [6.45, 7) is 1.82. The fraction of sp³-hybridized carbons (Fsp3) is 0.400. The van der Waals surface area contributed by atoms with Crippen molar-refractivity contribution in [2.45, 2.75) is 24.3 Å². The van der Waals surface area contributed by atoms with Crippen LogP contribution in [0.2, 0.25) is 0 Å². The Labute approximate surface area is 125 Å². The fourth-order valence-electron chi connectivity index (χ4n) is 1.21. The molecular weight excluding hydrogens is 366 g/mol. The summed E-state index contributed by atoms with van der Waals surface area (Å²) >= 11 is 2.81. The molecule has 0 fully saturated rings. The van der Waals surface area contributed by atoms with Gasteiger partial charge in [-0.05, 0) is 35.3 Å². The number of nitrogens with two attached hydrogens (primary N) is 1. The van der Waals surface area contributed by atoms with Gasteiger partial charge in [-0.15, -0.1) is 12.4 Å². The maximum absolute atomic E-state index is 13.4. The number of nitrogens with one attached hydrogen (secondary N) is 1. The Morgan fingerprint density at radius 3 is 2.47 bits per heavy atom. The van der Waals surface area contributed by atoms with E-state index in [0.717, 1.165) is 6.07 Å². The van der Waals surface area contributed by atoms with E-state index in [2.05, 4.69) is 20.7 Å². The second-order valence-electron chi connectivity index (χ2n) is 3.86. The van der Waals surface area contributed by atoms with Gasteiger partial charge in [0.05, 0.1) is 4.47 Å². The van der Waals surface area contributed by atoms with Crippen LogP contribution in [0.5, 0.6) is 0 Å². The van der Waals surface area contributed by atoms with Crippen molar-refractivity contribution in [3.05, 3.63) is 28.2 Å². The predicted octanol–water partition coefficient (Wildman–Crippen LogP) is 2.16. The fourth-order valence-corrected chi connectivity index (χ4v) is 2.83. The normalized spacial score (nSPS) is 12.9. The van der Waals surface area contributed by atoms with Gasteiger partial charge in [-0.3, -0.25) is 0 Å². The molecule has 1 atom stereocenters. The Morgan fingerprint density at radius 2 is 1.95 bits per heavy atom. The van der Waals surface area contributed by atoms with Crippen molar-refractivity contribution in [1.82, 2.24) is 4.72 Å². The zero-order valence-electron chi connectivity index (χ0n) is 9.99. The van der Waals surface area contributed by atoms with Crippen molar-refractivity contribution >= 4 is 38.4 Å². The molecule has 1 rings (SSSR count). The number of hydrogen-bond acceptors (Lipinski definition) is 3. The van der Waals surface area contributed by atoms with E-state index in [0.29, 0.717) is 12.5 Å². The highest BCUT2D eigenvalue weighted by Crippen LogP contribution is 2.23. The Kier molecular flexibility index (Phi) is 7.38. The molecule has 4 nitrogen and oxygen atoms in total. The molecule has 0 aromatic heterocycles. The third kappa shape index (κ3) is 5.31. The first-order chi connectivity index (χ1) is 8.24. The molecule has 0 spiro atoms. The van der Waals surface area contributed by atoms with Crippen LogP contribution in [0.25, 0.3) is 0 Å². The van der Waals surface area contributed by atoms with Crippen molar-refractivity contribution in [2.24, 2.45) is 5.73 Å². The Hall–Kier alpha value is -0.280. The number of sulfonamides is 1. The molecule has 1 unspecified atom stereocenters. The summed E-state index contributed by atoms with van der Waals surface area (Å²) in [6, 6.07) is 1.24. The van der Waals surface area contributed by atoms with Crippen LogP contribution >= 0.6 is 28.3 Å². The van der Waals surface area contributed by atoms with E-state index in [1.807, 2.05) is 0 Å². The smallest absolute Gasteiger partial charge is 0.243 e. The monoisotopic (exact) mass is 378 g/mol. The zero-order chi connectivity index (χ0) is 13.9. The maximum atomic E-state index is 13.4. The first-order valence-corrected chi connectivity index (χ1v) is 7.41. The van der Waals surface area contributed by atoms with E-state index < -0.39 is 26.6 Å². The Balaban J connectivity index is 0.00000324. The SMILES string of the molecule is CC(N)CCNS(=O)(=O)c1cc(Br)c(F)cc1F.Cl. The molecule has 0 aliphatic rings. The topological polar surface area (TPSA) is 72.2 Å². The molecule has 0 aliphatic carbocycles. The maximum Gasteiger partial charge on any atom is 0.243 e. The van der Waals surface area contributed by atoms with Gasteiger partial charge in [-0.2, -0.15) is 0 Å². The highest BCUT2D eigenvalue weighted by atomic mass is 79.9. The molecule has 0 amide bonds. The van der Waals surface area contributed by atoms with Crippen LogP contribution in [0.4, 0.5) is 8.78 Å². The van der Waals surface area contributed by atoms with Gasteiger partial charge >= 0.3 is 0 Å². The number of hydrogen-bond donors (Lipinski definition) is 2. The van der Waals surface area contributed by atoms with Gasteiger partial charge in [-0.25, -0.2) is 21.9 Å². The van der Waals surface area contributed by atoms with Crippen LogP contribution in [-0.2, 0) is 10.0 Å². The standard InChI is InChI=1S/C10H13BrF2N2O2S.ClH/c1-6(14)2-3-15-18(16,17)10-4-7(11)8(12)5-9(10)13;/h4-6,15H,2-3,14H2,1H3;1H. The van der Waals surface area contributed by atoms with E-state index in [4.69, 9.17) is 5.73 Å². The predicted molar refractivity (Wildman–Crippen MR) is 74.8 cm³/mol. The molecule has 9 heteroatoms. The number of halogens is 4. The lowest BCUT2D eigenvalue weighted by molar-refractivity contribution is 0.538. The largest absolute Gasteiger partial charge is 0.328 e. The molecule has 0 saturated heterocycles. The Bertz CT molecular complexity index is 541. The first kappa shape index (κ1) is 18.7. The molecule has 0 bridgehead atoms. The molecule has 1 aromatic carbocycles. The molecule has 0 heterocycles. The molecule has 3 N–H and O–H groups in total. The summed E-state index contributed by atoms with van der Waals surface area (Å²) in [6.07, 6.45) is 0.420. The minimum atomic E-state index is -4.00. The molecule has 0 aliphatic heterocycles. The molecule has 110 valence electrons. The van der Waals surface area contributed by atoms with Gasteiger partial charge in [-0.1, -0.05) is 0 Å². The summed E-state index contributed by atoms with van der Waals surface area (Å²) in [5.74, 6) is -1.99. The molecular formula is C10H14BrClF2N2O2S. The second kappa shape index (κ2) is 7.49. The highest BCUT2D eigenvalue weighted by Gasteiger charge is 2.20. The van der Waals surface area contributed by atoms with Gasteiger partial charge < -0.3 is 5.73 Å². The lowest BCUT2D eigenvalue weighted by Gasteiger charge is -2.09. The van der Waals surface area contributed by atoms with Crippen LogP contribution < -0.4 is 10.5 Å². The summed E-state index contributed by atoms with van der Waals surface area (Å²) in [5, 5.41) is 0. The quantitative estimate of drug-likeness (QED) is 0.770. The van der Waals surface area contributed by atoms with Crippen LogP contribution in [-0.4, -0.2) is 21.0 Å². The van der Waals surface area contributed by atoms with Crippen molar-refractivity contribution in [3.8, 4) is 0 Å². The van der Waals surface area contributed by atoms with Crippen molar-refractivity contribution < 1.29 is 17.2 Å². The average molecular weight is 380 g/mol. The third-order valence-electron chi connectivity index (χ3n) is 2.16. The third-order valence-corrected chi connectivity index (χ3v) is 4.24. The van der Waals surface area contributed by atoms with E-state index in [9.17, 15) is 17.2 Å². The van der Waals surface area contributed by atoms with Crippen molar-refractivity contribution in [2.75, 3.05) is 6.54 Å². The summed E-state index contributed by atoms with van der Waals surface area (Å²) in [5.41, 5.74) is 5.47. The number of benzene rings is 1. The Morgan fingerprint density at radius 1 is 1.37 bits per heavy atom. The van der Waals surface area contributed by atoms with Gasteiger partial charge in [0.2, 0.25) is 10.0 Å². The summed E-state index contributed by atoms with van der Waals surface area (Å²) in [7, 11) is -4.00. The van der Waals surface area contributed by atoms with Crippen molar-refractivity contribution in [1.29, 1.82) is 0 Å². The number of rotatable bonds is 5. The molecule has 0 radical (unpaired) electrons. The van der Waals surface area contributed by atoms with Gasteiger partial charge in [0.1, 0.15) is 16.5 Å². The minimum absolute atomic E-state index is 0. The van der Waals surface area contributed by atoms with Crippen LogP contribution in [0.15, 0.2) is 21.5 Å². The molecule has 19 heavy (non-hydrogen) atoms. The zero-order valence-corrected chi connectivity index (χ0v) is 13.2. The minimum Gasteiger partial charge on any atom is -0.328 e. The van der Waals surface area contributed by atoms with Crippen LogP contribution in [0, 0.1) is 11.6 Å². The van der Waals surface area contributed by atoms with Crippen LogP contribution in [0.1, 0.15) is 13.3 Å². The van der Waals surface area contributed by atoms with Crippen molar-refractivity contribution in [3.63, 3.8) is 0 Å². The summed E-state index contributed by atoms with van der Waals surface area (Å²) in [4.78, 5) is -0.597. The first-order valence-electron chi connectivity index (χ1n) is 5.14. The van der Waals surface area contributed by atoms with Gasteiger partial charge in [0, 0.05) is 18.7 Å². The summed E-state index contributed by atoms with van der Waals surface area (Å²) < 4.78 is 52.0. The molecule has 0 saturated carbocycles. The van der Waals surface area contributed by atoms with E-state index in [1.165, 1.54) is 0 Å². The highest BCUT2D eigenvalue weighted by molar-refractivity contribution is 9.10. The average Bonchev–Trinajstić information content (AvgIpc) is 2.22. The van der Waals surface area contributed by atoms with Crippen LogP contribution in [0.3, 0.4) is 0 Å². The second-order valence-corrected chi connectivity index (χ2v) is 6.45. The van der Waals surface area contributed by atoms with Gasteiger partial charge in [0.25, 0.3) is 0 Å². The van der Waals surface area contributed by atoms with E-state index >= 15 is 0 Å².